The summed E-state index contributed by atoms with van der Waals surface area (Å²) < 4.78 is 1.84. The largest absolute Gasteiger partial charge is 0.325 e. The molecule has 1 aromatic carbocycles. The summed E-state index contributed by atoms with van der Waals surface area (Å²) in [6.45, 7) is 0.493. The second-order valence-corrected chi connectivity index (χ2v) is 5.06. The normalized spacial score (nSPS) is 14.6. The molecule has 0 bridgehead atoms. The molecule has 0 saturated heterocycles. The fraction of sp³-hybridized carbons (Fsp3) is 0.400. The summed E-state index contributed by atoms with van der Waals surface area (Å²) in [7, 11) is 1.95. The highest BCUT2D eigenvalue weighted by Gasteiger charge is 2.13. The number of fused-ring (bicyclic) bond motifs is 1. The molecule has 2 aromatic rings. The van der Waals surface area contributed by atoms with Crippen molar-refractivity contribution in [2.24, 2.45) is 12.8 Å². The highest BCUT2D eigenvalue weighted by atomic mass is 15.3. The minimum Gasteiger partial charge on any atom is -0.325 e. The van der Waals surface area contributed by atoms with Crippen LogP contribution < -0.4 is 5.73 Å². The first kappa shape index (κ1) is 11.5. The van der Waals surface area contributed by atoms with Crippen LogP contribution in [0.4, 0.5) is 0 Å². The lowest BCUT2D eigenvalue weighted by molar-refractivity contribution is 0.686. The summed E-state index contributed by atoms with van der Waals surface area (Å²) in [5.74, 6) is 0. The lowest BCUT2D eigenvalue weighted by Gasteiger charge is -2.16. The number of aromatic nitrogens is 2. The zero-order valence-corrected chi connectivity index (χ0v) is 10.8. The van der Waals surface area contributed by atoms with Gasteiger partial charge in [-0.1, -0.05) is 18.2 Å². The predicted molar refractivity (Wildman–Crippen MR) is 73.2 cm³/mol. The molecule has 3 heteroatoms. The van der Waals surface area contributed by atoms with E-state index in [4.69, 9.17) is 5.73 Å². The van der Waals surface area contributed by atoms with E-state index in [-0.39, 0.29) is 0 Å². The molecule has 0 atom stereocenters. The first-order valence-corrected chi connectivity index (χ1v) is 6.62. The molecular formula is C15H19N3. The van der Waals surface area contributed by atoms with Gasteiger partial charge in [0.2, 0.25) is 0 Å². The van der Waals surface area contributed by atoms with E-state index in [0.717, 1.165) is 5.69 Å². The Morgan fingerprint density at radius 1 is 1.22 bits per heavy atom. The molecule has 94 valence electrons. The van der Waals surface area contributed by atoms with Crippen molar-refractivity contribution in [1.29, 1.82) is 0 Å². The maximum absolute atomic E-state index is 5.76. The van der Waals surface area contributed by atoms with Gasteiger partial charge in [0.1, 0.15) is 0 Å². The van der Waals surface area contributed by atoms with E-state index in [2.05, 4.69) is 29.5 Å². The van der Waals surface area contributed by atoms with Gasteiger partial charge in [0.05, 0.1) is 5.69 Å². The van der Waals surface area contributed by atoms with Crippen LogP contribution in [0.1, 0.15) is 29.7 Å². The Bertz CT molecular complexity index is 569. The average molecular weight is 241 g/mol. The molecule has 1 aromatic heterocycles. The number of nitrogens with two attached hydrogens (primary N) is 1. The highest BCUT2D eigenvalue weighted by molar-refractivity contribution is 5.67. The molecule has 1 aliphatic carbocycles. The molecule has 3 rings (SSSR count). The third kappa shape index (κ3) is 1.95. The third-order valence-corrected chi connectivity index (χ3v) is 3.76. The summed E-state index contributed by atoms with van der Waals surface area (Å²) in [6, 6.07) is 6.81. The van der Waals surface area contributed by atoms with Crippen LogP contribution >= 0.6 is 0 Å². The van der Waals surface area contributed by atoms with Gasteiger partial charge < -0.3 is 5.73 Å². The number of rotatable bonds is 2. The summed E-state index contributed by atoms with van der Waals surface area (Å²) in [6.07, 6.45) is 7.14. The van der Waals surface area contributed by atoms with Crippen LogP contribution in [-0.4, -0.2) is 9.78 Å². The van der Waals surface area contributed by atoms with Crippen LogP contribution in [0.2, 0.25) is 0 Å². The van der Waals surface area contributed by atoms with Crippen molar-refractivity contribution in [3.05, 3.63) is 41.2 Å². The summed E-state index contributed by atoms with van der Waals surface area (Å²) in [4.78, 5) is 0. The van der Waals surface area contributed by atoms with Gasteiger partial charge in [-0.3, -0.25) is 4.68 Å². The first-order chi connectivity index (χ1) is 8.78. The fourth-order valence-corrected chi connectivity index (χ4v) is 2.83. The Morgan fingerprint density at radius 3 is 2.78 bits per heavy atom. The van der Waals surface area contributed by atoms with Crippen LogP contribution in [-0.2, 0) is 26.4 Å². The lowest BCUT2D eigenvalue weighted by Crippen LogP contribution is -2.03. The number of nitrogens with zero attached hydrogens (tertiary/aromatic N) is 2. The third-order valence-electron chi connectivity index (χ3n) is 3.76. The summed E-state index contributed by atoms with van der Waals surface area (Å²) in [5, 5.41) is 4.41. The van der Waals surface area contributed by atoms with Crippen molar-refractivity contribution >= 4 is 0 Å². The highest BCUT2D eigenvalue weighted by Crippen LogP contribution is 2.28. The Balaban J connectivity index is 2.06. The number of aryl methyl sites for hydroxylation is 3. The zero-order chi connectivity index (χ0) is 12.5. The van der Waals surface area contributed by atoms with Gasteiger partial charge in [0, 0.05) is 25.4 Å². The minimum atomic E-state index is 0.493. The van der Waals surface area contributed by atoms with Gasteiger partial charge >= 0.3 is 0 Å². The maximum atomic E-state index is 5.76. The molecule has 0 unspecified atom stereocenters. The van der Waals surface area contributed by atoms with E-state index >= 15 is 0 Å². The molecule has 2 N–H and O–H groups in total. The molecule has 0 saturated carbocycles. The molecular weight excluding hydrogens is 222 g/mol. The molecule has 0 aliphatic heterocycles. The van der Waals surface area contributed by atoms with Gasteiger partial charge in [-0.05, 0) is 42.4 Å². The van der Waals surface area contributed by atoms with Crippen LogP contribution in [0.15, 0.2) is 24.4 Å². The fourth-order valence-electron chi connectivity index (χ4n) is 2.83. The van der Waals surface area contributed by atoms with Crippen molar-refractivity contribution in [1.82, 2.24) is 9.78 Å². The van der Waals surface area contributed by atoms with E-state index in [1.54, 1.807) is 0 Å². The van der Waals surface area contributed by atoms with Crippen molar-refractivity contribution in [2.75, 3.05) is 0 Å². The van der Waals surface area contributed by atoms with Gasteiger partial charge in [-0.15, -0.1) is 0 Å². The van der Waals surface area contributed by atoms with Crippen LogP contribution in [0.25, 0.3) is 11.1 Å². The number of hydrogen-bond acceptors (Lipinski definition) is 2. The topological polar surface area (TPSA) is 43.8 Å². The Morgan fingerprint density at radius 2 is 2.00 bits per heavy atom. The quantitative estimate of drug-likeness (QED) is 0.877. The second-order valence-electron chi connectivity index (χ2n) is 5.06. The number of hydrogen-bond donors (Lipinski definition) is 1. The molecule has 18 heavy (non-hydrogen) atoms. The van der Waals surface area contributed by atoms with Crippen molar-refractivity contribution in [3.8, 4) is 11.1 Å². The smallest absolute Gasteiger partial charge is 0.0838 e. The van der Waals surface area contributed by atoms with E-state index in [1.807, 2.05) is 11.7 Å². The molecule has 1 heterocycles. The van der Waals surface area contributed by atoms with Gasteiger partial charge in [-0.2, -0.15) is 5.10 Å². The molecule has 1 aliphatic rings. The van der Waals surface area contributed by atoms with Crippen molar-refractivity contribution < 1.29 is 0 Å². The standard InChI is InChI=1S/C15H19N3/c1-18-10-14(15(9-16)17-18)13-7-6-11-4-2-3-5-12(11)8-13/h6-8,10H,2-5,9,16H2,1H3. The SMILES string of the molecule is Cn1cc(-c2ccc3c(c2)CCCC3)c(CN)n1. The molecule has 0 spiro atoms. The Kier molecular flexibility index (Phi) is 2.92. The van der Waals surface area contributed by atoms with Crippen LogP contribution in [0.5, 0.6) is 0 Å². The van der Waals surface area contributed by atoms with Gasteiger partial charge in [-0.25, -0.2) is 0 Å². The second kappa shape index (κ2) is 4.58. The van der Waals surface area contributed by atoms with Crippen LogP contribution in [0, 0.1) is 0 Å². The van der Waals surface area contributed by atoms with Crippen molar-refractivity contribution in [2.45, 2.75) is 32.2 Å². The minimum absolute atomic E-state index is 0.493. The summed E-state index contributed by atoms with van der Waals surface area (Å²) in [5.41, 5.74) is 12.2. The maximum Gasteiger partial charge on any atom is 0.0838 e. The molecule has 0 amide bonds. The monoisotopic (exact) mass is 241 g/mol. The average Bonchev–Trinajstić information content (AvgIpc) is 2.79. The van der Waals surface area contributed by atoms with E-state index < -0.39 is 0 Å². The van der Waals surface area contributed by atoms with E-state index in [9.17, 15) is 0 Å². The van der Waals surface area contributed by atoms with Gasteiger partial charge in [0.25, 0.3) is 0 Å². The van der Waals surface area contributed by atoms with Crippen molar-refractivity contribution in [3.63, 3.8) is 0 Å². The Labute approximate surface area is 108 Å². The summed E-state index contributed by atoms with van der Waals surface area (Å²) >= 11 is 0. The van der Waals surface area contributed by atoms with Gasteiger partial charge in [0.15, 0.2) is 0 Å². The Hall–Kier alpha value is -1.61. The zero-order valence-electron chi connectivity index (χ0n) is 10.8. The number of benzene rings is 1. The molecule has 0 radical (unpaired) electrons. The predicted octanol–water partition coefficient (Wildman–Crippen LogP) is 2.42. The molecule has 3 nitrogen and oxygen atoms in total. The van der Waals surface area contributed by atoms with E-state index in [0.29, 0.717) is 6.54 Å². The molecule has 0 fully saturated rings. The first-order valence-electron chi connectivity index (χ1n) is 6.62. The van der Waals surface area contributed by atoms with E-state index in [1.165, 1.54) is 47.9 Å². The lowest BCUT2D eigenvalue weighted by atomic mass is 9.89. The van der Waals surface area contributed by atoms with Crippen LogP contribution in [0.3, 0.4) is 0 Å².